The summed E-state index contributed by atoms with van der Waals surface area (Å²) in [5, 5.41) is 0. The van der Waals surface area contributed by atoms with Crippen molar-refractivity contribution >= 4 is 11.3 Å². The second-order valence-corrected chi connectivity index (χ2v) is 4.91. The average Bonchev–Trinajstić information content (AvgIpc) is 2.46. The predicted octanol–water partition coefficient (Wildman–Crippen LogP) is 3.44. The quantitative estimate of drug-likeness (QED) is 0.717. The summed E-state index contributed by atoms with van der Waals surface area (Å²) < 4.78 is 0. The van der Waals surface area contributed by atoms with Gasteiger partial charge >= 0.3 is 0 Å². The Morgan fingerprint density at radius 3 is 3.00 bits per heavy atom. The van der Waals surface area contributed by atoms with E-state index in [0.717, 1.165) is 5.92 Å². The molecule has 0 aromatic carbocycles. The number of aromatic nitrogens is 1. The first-order valence-electron chi connectivity index (χ1n) is 5.31. The second-order valence-electron chi connectivity index (χ2n) is 3.97. The van der Waals surface area contributed by atoms with E-state index in [9.17, 15) is 0 Å². The lowest BCUT2D eigenvalue weighted by molar-refractivity contribution is 0.312. The van der Waals surface area contributed by atoms with Crippen molar-refractivity contribution in [3.63, 3.8) is 0 Å². The standard InChI is InChI=1S/C11H17NS/c1-2-4-11-10(12-8-13-11)7-9-5-3-6-9/h8-9H,2-7H2,1H3. The van der Waals surface area contributed by atoms with Crippen LogP contribution in [-0.4, -0.2) is 4.98 Å². The average molecular weight is 195 g/mol. The smallest absolute Gasteiger partial charge is 0.0797 e. The molecule has 2 rings (SSSR count). The molecule has 1 aliphatic rings. The normalized spacial score (nSPS) is 17.3. The van der Waals surface area contributed by atoms with Gasteiger partial charge in [-0.2, -0.15) is 0 Å². The van der Waals surface area contributed by atoms with Crippen LogP contribution in [-0.2, 0) is 12.8 Å². The van der Waals surface area contributed by atoms with Crippen LogP contribution in [0.15, 0.2) is 5.51 Å². The number of hydrogen-bond donors (Lipinski definition) is 0. The van der Waals surface area contributed by atoms with Crippen LogP contribution in [0.1, 0.15) is 43.2 Å². The van der Waals surface area contributed by atoms with Gasteiger partial charge in [-0.25, -0.2) is 4.98 Å². The number of rotatable bonds is 4. The van der Waals surface area contributed by atoms with E-state index in [1.165, 1.54) is 49.1 Å². The zero-order valence-electron chi connectivity index (χ0n) is 8.25. The molecule has 0 amide bonds. The first-order chi connectivity index (χ1) is 6.40. The molecule has 0 unspecified atom stereocenters. The van der Waals surface area contributed by atoms with Crippen LogP contribution in [0.5, 0.6) is 0 Å². The minimum Gasteiger partial charge on any atom is -0.249 e. The highest BCUT2D eigenvalue weighted by molar-refractivity contribution is 7.09. The Hall–Kier alpha value is -0.370. The monoisotopic (exact) mass is 195 g/mol. The Morgan fingerprint density at radius 2 is 2.38 bits per heavy atom. The Kier molecular flexibility index (Phi) is 2.99. The summed E-state index contributed by atoms with van der Waals surface area (Å²) in [7, 11) is 0. The third kappa shape index (κ3) is 2.11. The van der Waals surface area contributed by atoms with Crippen molar-refractivity contribution in [3.8, 4) is 0 Å². The van der Waals surface area contributed by atoms with Gasteiger partial charge in [-0.1, -0.05) is 32.6 Å². The summed E-state index contributed by atoms with van der Waals surface area (Å²) in [6.07, 6.45) is 8.04. The first kappa shape index (κ1) is 9.20. The van der Waals surface area contributed by atoms with Crippen molar-refractivity contribution in [2.75, 3.05) is 0 Å². The van der Waals surface area contributed by atoms with Crippen LogP contribution in [0.2, 0.25) is 0 Å². The molecule has 1 aromatic rings. The minimum atomic E-state index is 0.956. The van der Waals surface area contributed by atoms with Gasteiger partial charge in [0.1, 0.15) is 0 Å². The molecule has 0 N–H and O–H groups in total. The van der Waals surface area contributed by atoms with Crippen LogP contribution < -0.4 is 0 Å². The molecule has 72 valence electrons. The fraction of sp³-hybridized carbons (Fsp3) is 0.727. The van der Waals surface area contributed by atoms with Gasteiger partial charge in [-0.15, -0.1) is 11.3 Å². The predicted molar refractivity (Wildman–Crippen MR) is 57.2 cm³/mol. The van der Waals surface area contributed by atoms with Gasteiger partial charge in [-0.05, 0) is 18.8 Å². The van der Waals surface area contributed by atoms with Crippen LogP contribution in [0.4, 0.5) is 0 Å². The molecule has 1 heterocycles. The molecule has 1 saturated carbocycles. The highest BCUT2D eigenvalue weighted by Gasteiger charge is 2.19. The van der Waals surface area contributed by atoms with E-state index in [-0.39, 0.29) is 0 Å². The zero-order chi connectivity index (χ0) is 9.10. The van der Waals surface area contributed by atoms with Crippen molar-refractivity contribution in [2.24, 2.45) is 5.92 Å². The zero-order valence-corrected chi connectivity index (χ0v) is 9.07. The van der Waals surface area contributed by atoms with Gasteiger partial charge < -0.3 is 0 Å². The van der Waals surface area contributed by atoms with E-state index in [0.29, 0.717) is 0 Å². The molecule has 0 spiro atoms. The Balaban J connectivity index is 1.96. The van der Waals surface area contributed by atoms with Crippen molar-refractivity contribution in [2.45, 2.75) is 45.4 Å². The Labute approximate surface area is 84.2 Å². The van der Waals surface area contributed by atoms with Crippen LogP contribution in [0.3, 0.4) is 0 Å². The Morgan fingerprint density at radius 1 is 1.54 bits per heavy atom. The molecule has 1 aromatic heterocycles. The van der Waals surface area contributed by atoms with E-state index < -0.39 is 0 Å². The third-order valence-corrected chi connectivity index (χ3v) is 3.84. The summed E-state index contributed by atoms with van der Waals surface area (Å²) in [5.74, 6) is 0.956. The molecule has 1 nitrogen and oxygen atoms in total. The SMILES string of the molecule is CCCc1scnc1CC1CCC1. The highest BCUT2D eigenvalue weighted by atomic mass is 32.1. The van der Waals surface area contributed by atoms with Gasteiger partial charge in [0.25, 0.3) is 0 Å². The lowest BCUT2D eigenvalue weighted by Crippen LogP contribution is -2.14. The Bertz CT molecular complexity index is 263. The van der Waals surface area contributed by atoms with Crippen molar-refractivity contribution < 1.29 is 0 Å². The maximum absolute atomic E-state index is 4.48. The van der Waals surface area contributed by atoms with Crippen molar-refractivity contribution in [1.29, 1.82) is 0 Å². The molecule has 0 saturated heterocycles. The lowest BCUT2D eigenvalue weighted by Gasteiger charge is -2.24. The third-order valence-electron chi connectivity index (χ3n) is 2.91. The fourth-order valence-electron chi connectivity index (χ4n) is 1.86. The van der Waals surface area contributed by atoms with Crippen LogP contribution in [0, 0.1) is 5.92 Å². The number of thiazole rings is 1. The summed E-state index contributed by atoms with van der Waals surface area (Å²) >= 11 is 1.84. The molecular formula is C11H17NS. The summed E-state index contributed by atoms with van der Waals surface area (Å²) in [4.78, 5) is 6.01. The van der Waals surface area contributed by atoms with E-state index >= 15 is 0 Å². The highest BCUT2D eigenvalue weighted by Crippen LogP contribution is 2.31. The maximum atomic E-state index is 4.48. The van der Waals surface area contributed by atoms with E-state index in [4.69, 9.17) is 0 Å². The molecule has 0 aliphatic heterocycles. The number of nitrogens with zero attached hydrogens (tertiary/aromatic N) is 1. The van der Waals surface area contributed by atoms with Crippen molar-refractivity contribution in [1.82, 2.24) is 4.98 Å². The summed E-state index contributed by atoms with van der Waals surface area (Å²) in [6, 6.07) is 0. The molecule has 0 radical (unpaired) electrons. The molecule has 1 fully saturated rings. The van der Waals surface area contributed by atoms with E-state index in [1.54, 1.807) is 0 Å². The minimum absolute atomic E-state index is 0.956. The topological polar surface area (TPSA) is 12.9 Å². The van der Waals surface area contributed by atoms with Gasteiger partial charge in [0.2, 0.25) is 0 Å². The van der Waals surface area contributed by atoms with Crippen LogP contribution >= 0.6 is 11.3 Å². The van der Waals surface area contributed by atoms with Gasteiger partial charge in [0, 0.05) is 4.88 Å². The molecule has 0 atom stereocenters. The number of aryl methyl sites for hydroxylation is 1. The van der Waals surface area contributed by atoms with Gasteiger partial charge in [0.05, 0.1) is 11.2 Å². The molecule has 1 aliphatic carbocycles. The van der Waals surface area contributed by atoms with Gasteiger partial charge in [-0.3, -0.25) is 0 Å². The van der Waals surface area contributed by atoms with E-state index in [1.807, 2.05) is 16.8 Å². The largest absolute Gasteiger partial charge is 0.249 e. The van der Waals surface area contributed by atoms with Crippen molar-refractivity contribution in [3.05, 3.63) is 16.1 Å². The summed E-state index contributed by atoms with van der Waals surface area (Å²) in [6.45, 7) is 2.24. The van der Waals surface area contributed by atoms with Gasteiger partial charge in [0.15, 0.2) is 0 Å². The lowest BCUT2D eigenvalue weighted by atomic mass is 9.82. The molecular weight excluding hydrogens is 178 g/mol. The van der Waals surface area contributed by atoms with E-state index in [2.05, 4.69) is 11.9 Å². The maximum Gasteiger partial charge on any atom is 0.0797 e. The fourth-order valence-corrected chi connectivity index (χ4v) is 2.76. The first-order valence-corrected chi connectivity index (χ1v) is 6.19. The van der Waals surface area contributed by atoms with Crippen LogP contribution in [0.25, 0.3) is 0 Å². The summed E-state index contributed by atoms with van der Waals surface area (Å²) in [5.41, 5.74) is 3.41. The molecule has 2 heteroatoms. The molecule has 13 heavy (non-hydrogen) atoms. The second kappa shape index (κ2) is 4.23. The molecule has 0 bridgehead atoms. The number of hydrogen-bond acceptors (Lipinski definition) is 2.